The van der Waals surface area contributed by atoms with Gasteiger partial charge in [-0.3, -0.25) is 9.59 Å². The zero-order valence-corrected chi connectivity index (χ0v) is 15.0. The summed E-state index contributed by atoms with van der Waals surface area (Å²) in [7, 11) is 0. The van der Waals surface area contributed by atoms with Gasteiger partial charge in [-0.15, -0.1) is 0 Å². The number of hydrogen-bond acceptors (Lipinski definition) is 5. The number of nitrogens with one attached hydrogen (secondary N) is 1. The molecule has 1 aromatic rings. The summed E-state index contributed by atoms with van der Waals surface area (Å²) in [5, 5.41) is 2.91. The third-order valence-corrected chi connectivity index (χ3v) is 4.11. The molecule has 24 heavy (non-hydrogen) atoms. The molecule has 1 aliphatic heterocycles. The van der Waals surface area contributed by atoms with Crippen LogP contribution in [0.3, 0.4) is 0 Å². The summed E-state index contributed by atoms with van der Waals surface area (Å²) in [6, 6.07) is 1.74. The van der Waals surface area contributed by atoms with Crippen molar-refractivity contribution in [2.24, 2.45) is 5.92 Å². The highest BCUT2D eigenvalue weighted by molar-refractivity contribution is 5.92. The maximum absolute atomic E-state index is 12.3. The fourth-order valence-corrected chi connectivity index (χ4v) is 2.65. The summed E-state index contributed by atoms with van der Waals surface area (Å²) in [5.74, 6) is 1.81. The van der Waals surface area contributed by atoms with Gasteiger partial charge < -0.3 is 15.1 Å². The van der Waals surface area contributed by atoms with Crippen LogP contribution >= 0.6 is 0 Å². The molecule has 2 heterocycles. The van der Waals surface area contributed by atoms with Crippen molar-refractivity contribution in [2.45, 2.75) is 34.1 Å². The lowest BCUT2D eigenvalue weighted by Gasteiger charge is -2.35. The highest BCUT2D eigenvalue weighted by atomic mass is 16.2. The Labute approximate surface area is 143 Å². The van der Waals surface area contributed by atoms with Crippen LogP contribution in [0, 0.1) is 12.8 Å². The number of nitrogens with zero attached hydrogens (tertiary/aromatic N) is 4. The Bertz CT molecular complexity index is 595. The molecule has 7 nitrogen and oxygen atoms in total. The topological polar surface area (TPSA) is 78.4 Å². The second-order valence-electron chi connectivity index (χ2n) is 6.59. The maximum atomic E-state index is 12.3. The summed E-state index contributed by atoms with van der Waals surface area (Å²) in [6.45, 7) is 11.0. The van der Waals surface area contributed by atoms with Crippen molar-refractivity contribution >= 4 is 17.6 Å². The Kier molecular flexibility index (Phi) is 6.11. The first-order chi connectivity index (χ1) is 11.4. The van der Waals surface area contributed by atoms with Gasteiger partial charge in [-0.05, 0) is 19.3 Å². The van der Waals surface area contributed by atoms with Crippen molar-refractivity contribution in [3.8, 4) is 0 Å². The molecule has 2 amide bonds. The molecule has 0 aromatic carbocycles. The number of rotatable bonds is 5. The van der Waals surface area contributed by atoms with Crippen LogP contribution in [0.25, 0.3) is 0 Å². The van der Waals surface area contributed by atoms with E-state index < -0.39 is 0 Å². The lowest BCUT2D eigenvalue weighted by Crippen LogP contribution is -2.48. The summed E-state index contributed by atoms with van der Waals surface area (Å²) in [5.41, 5.74) is 0.398. The zero-order chi connectivity index (χ0) is 17.7. The Hall–Kier alpha value is -2.18. The average molecular weight is 333 g/mol. The van der Waals surface area contributed by atoms with E-state index in [0.717, 1.165) is 12.2 Å². The van der Waals surface area contributed by atoms with Crippen LogP contribution in [-0.2, 0) is 4.79 Å². The molecular weight excluding hydrogens is 306 g/mol. The minimum atomic E-state index is -0.162. The first-order valence-corrected chi connectivity index (χ1v) is 8.51. The highest BCUT2D eigenvalue weighted by Gasteiger charge is 2.21. The summed E-state index contributed by atoms with van der Waals surface area (Å²) >= 11 is 0. The van der Waals surface area contributed by atoms with E-state index in [-0.39, 0.29) is 11.8 Å². The number of aryl methyl sites for hydroxylation is 1. The summed E-state index contributed by atoms with van der Waals surface area (Å²) in [6.07, 6.45) is 0.940. The average Bonchev–Trinajstić information content (AvgIpc) is 2.54. The number of anilines is 1. The van der Waals surface area contributed by atoms with E-state index in [1.54, 1.807) is 19.9 Å². The largest absolute Gasteiger partial charge is 0.353 e. The second kappa shape index (κ2) is 8.08. The van der Waals surface area contributed by atoms with Gasteiger partial charge in [0.2, 0.25) is 5.91 Å². The number of carbonyl (C=O) groups is 2. The van der Waals surface area contributed by atoms with Gasteiger partial charge in [0.05, 0.1) is 0 Å². The fourth-order valence-electron chi connectivity index (χ4n) is 2.65. The van der Waals surface area contributed by atoms with E-state index in [1.807, 2.05) is 4.90 Å². The Balaban J connectivity index is 2.03. The van der Waals surface area contributed by atoms with E-state index in [0.29, 0.717) is 50.2 Å². The molecule has 2 rings (SSSR count). The van der Waals surface area contributed by atoms with Gasteiger partial charge >= 0.3 is 0 Å². The zero-order valence-electron chi connectivity index (χ0n) is 15.0. The number of aromatic nitrogens is 2. The number of carbonyl (C=O) groups excluding carboxylic acids is 2. The Morgan fingerprint density at radius 1 is 1.21 bits per heavy atom. The number of hydrogen-bond donors (Lipinski definition) is 1. The van der Waals surface area contributed by atoms with Crippen LogP contribution < -0.4 is 10.2 Å². The summed E-state index contributed by atoms with van der Waals surface area (Å²) < 4.78 is 0. The molecular formula is C17H27N5O2. The quantitative estimate of drug-likeness (QED) is 0.877. The van der Waals surface area contributed by atoms with Gasteiger partial charge in [0.25, 0.3) is 5.91 Å². The molecule has 1 fully saturated rings. The van der Waals surface area contributed by atoms with Crippen LogP contribution in [0.2, 0.25) is 0 Å². The smallest absolute Gasteiger partial charge is 0.270 e. The first kappa shape index (κ1) is 18.2. The van der Waals surface area contributed by atoms with Gasteiger partial charge in [0.15, 0.2) is 0 Å². The minimum absolute atomic E-state index is 0.0961. The van der Waals surface area contributed by atoms with E-state index in [4.69, 9.17) is 0 Å². The SMILES string of the molecule is CC(=O)N1CCN(c2cc(C(=O)NCCC(C)C)nc(C)n2)CC1. The minimum Gasteiger partial charge on any atom is -0.353 e. The standard InChI is InChI=1S/C17H27N5O2/c1-12(2)5-6-18-17(24)15-11-16(20-13(3)19-15)22-9-7-21(8-10-22)14(4)23/h11-12H,5-10H2,1-4H3,(H,18,24). The van der Waals surface area contributed by atoms with Crippen molar-refractivity contribution < 1.29 is 9.59 Å². The van der Waals surface area contributed by atoms with Gasteiger partial charge in [-0.25, -0.2) is 9.97 Å². The van der Waals surface area contributed by atoms with Crippen LogP contribution in [0.5, 0.6) is 0 Å². The van der Waals surface area contributed by atoms with Gasteiger partial charge in [0.1, 0.15) is 17.3 Å². The normalized spacial score (nSPS) is 14.9. The van der Waals surface area contributed by atoms with Crippen molar-refractivity contribution in [3.05, 3.63) is 17.6 Å². The molecule has 0 saturated carbocycles. The van der Waals surface area contributed by atoms with Gasteiger partial charge in [0, 0.05) is 45.7 Å². The van der Waals surface area contributed by atoms with E-state index in [1.165, 1.54) is 0 Å². The lowest BCUT2D eigenvalue weighted by atomic mass is 10.1. The predicted octanol–water partition coefficient (Wildman–Crippen LogP) is 1.23. The van der Waals surface area contributed by atoms with Crippen molar-refractivity contribution in [1.82, 2.24) is 20.2 Å². The Morgan fingerprint density at radius 2 is 1.88 bits per heavy atom. The molecule has 1 aliphatic rings. The molecule has 1 N–H and O–H groups in total. The lowest BCUT2D eigenvalue weighted by molar-refractivity contribution is -0.129. The number of piperazine rings is 1. The third kappa shape index (κ3) is 4.91. The molecule has 1 saturated heterocycles. The Morgan fingerprint density at radius 3 is 2.46 bits per heavy atom. The van der Waals surface area contributed by atoms with Crippen LogP contribution in [0.15, 0.2) is 6.07 Å². The third-order valence-electron chi connectivity index (χ3n) is 4.11. The second-order valence-corrected chi connectivity index (χ2v) is 6.59. The van der Waals surface area contributed by atoms with Gasteiger partial charge in [-0.1, -0.05) is 13.8 Å². The van der Waals surface area contributed by atoms with Crippen LogP contribution in [0.1, 0.15) is 43.5 Å². The van der Waals surface area contributed by atoms with Crippen LogP contribution in [0.4, 0.5) is 5.82 Å². The van der Waals surface area contributed by atoms with E-state index in [9.17, 15) is 9.59 Å². The maximum Gasteiger partial charge on any atom is 0.270 e. The summed E-state index contributed by atoms with van der Waals surface area (Å²) in [4.78, 5) is 36.3. The molecule has 0 unspecified atom stereocenters. The first-order valence-electron chi connectivity index (χ1n) is 8.51. The molecule has 0 bridgehead atoms. The van der Waals surface area contributed by atoms with Gasteiger partial charge in [-0.2, -0.15) is 0 Å². The van der Waals surface area contributed by atoms with Crippen molar-refractivity contribution in [3.63, 3.8) is 0 Å². The highest BCUT2D eigenvalue weighted by Crippen LogP contribution is 2.15. The molecule has 0 aliphatic carbocycles. The van der Waals surface area contributed by atoms with E-state index in [2.05, 4.69) is 34.0 Å². The number of amides is 2. The van der Waals surface area contributed by atoms with Crippen molar-refractivity contribution in [1.29, 1.82) is 0 Å². The molecule has 0 atom stereocenters. The fraction of sp³-hybridized carbons (Fsp3) is 0.647. The predicted molar refractivity (Wildman–Crippen MR) is 93.0 cm³/mol. The molecule has 132 valence electrons. The molecule has 0 spiro atoms. The molecule has 1 aromatic heterocycles. The van der Waals surface area contributed by atoms with E-state index >= 15 is 0 Å². The molecule has 7 heteroatoms. The van der Waals surface area contributed by atoms with Crippen LogP contribution in [-0.4, -0.2) is 59.4 Å². The van der Waals surface area contributed by atoms with Crippen molar-refractivity contribution in [2.75, 3.05) is 37.6 Å². The molecule has 0 radical (unpaired) electrons. The monoisotopic (exact) mass is 333 g/mol.